The standard InChI is InChI=1S/C20H34NO4.Na.O3S/c1-5-6-7-8-9-10-11-14-19(23)21-17(4)18(22)13-12-15-25-20(24)16(2)3;;1-4(2)3/h17H,2,4-15H2,1,3H3,(H,21,23);;/q-1;+1;. The SMILES string of the molecule is C=C(C)C(=O)OCCCC(=O)C([CH2-])NC(=O)CCCCCCCCC.O=S(=O)=O.[Na+]. The molecule has 0 aromatic carbocycles. The Bertz CT molecular complexity index is 613. The Morgan fingerprint density at radius 2 is 1.47 bits per heavy atom. The van der Waals surface area contributed by atoms with Crippen molar-refractivity contribution in [2.45, 2.75) is 84.1 Å². The van der Waals surface area contributed by atoms with Gasteiger partial charge in [-0.1, -0.05) is 52.0 Å². The molecule has 0 radical (unpaired) electrons. The average Bonchev–Trinajstić information content (AvgIpc) is 2.63. The van der Waals surface area contributed by atoms with Gasteiger partial charge >= 0.3 is 46.1 Å². The number of Topliss-reactive ketones (excluding diaryl/α,β-unsaturated/α-hetero) is 1. The van der Waals surface area contributed by atoms with Crippen LogP contribution in [0.3, 0.4) is 0 Å². The summed E-state index contributed by atoms with van der Waals surface area (Å²) >= 11 is 0. The van der Waals surface area contributed by atoms with Crippen LogP contribution >= 0.6 is 0 Å². The van der Waals surface area contributed by atoms with Crippen LogP contribution in [0.5, 0.6) is 0 Å². The van der Waals surface area contributed by atoms with E-state index in [9.17, 15) is 14.4 Å². The zero-order chi connectivity index (χ0) is 22.7. The molecule has 1 unspecified atom stereocenters. The molecule has 0 saturated carbocycles. The summed E-state index contributed by atoms with van der Waals surface area (Å²) in [6, 6.07) is -0.742. The predicted molar refractivity (Wildman–Crippen MR) is 110 cm³/mol. The molecule has 168 valence electrons. The van der Waals surface area contributed by atoms with E-state index in [0.29, 0.717) is 18.4 Å². The molecule has 0 aromatic heterocycles. The van der Waals surface area contributed by atoms with E-state index < -0.39 is 22.6 Å². The van der Waals surface area contributed by atoms with Gasteiger partial charge in [0.05, 0.1) is 6.61 Å². The van der Waals surface area contributed by atoms with Crippen LogP contribution < -0.4 is 34.9 Å². The zero-order valence-corrected chi connectivity index (χ0v) is 21.4. The fraction of sp³-hybridized carbons (Fsp3) is 0.700. The Balaban J connectivity index is -0.00000133. The van der Waals surface area contributed by atoms with E-state index in [2.05, 4.69) is 25.7 Å². The van der Waals surface area contributed by atoms with Gasteiger partial charge in [0.15, 0.2) is 0 Å². The smallest absolute Gasteiger partial charge is 0.462 e. The van der Waals surface area contributed by atoms with Crippen molar-refractivity contribution < 1.29 is 61.3 Å². The van der Waals surface area contributed by atoms with Crippen molar-refractivity contribution in [3.63, 3.8) is 0 Å². The molecule has 8 nitrogen and oxygen atoms in total. The van der Waals surface area contributed by atoms with Crippen molar-refractivity contribution in [1.29, 1.82) is 0 Å². The van der Waals surface area contributed by atoms with E-state index >= 15 is 0 Å². The minimum atomic E-state index is -3.11. The number of unbranched alkanes of at least 4 members (excludes halogenated alkanes) is 6. The third-order valence-corrected chi connectivity index (χ3v) is 3.88. The second-order valence-electron chi connectivity index (χ2n) is 6.68. The fourth-order valence-electron chi connectivity index (χ4n) is 2.30. The molecule has 0 heterocycles. The summed E-state index contributed by atoms with van der Waals surface area (Å²) in [7, 11) is -3.11. The van der Waals surface area contributed by atoms with Gasteiger partial charge in [0.25, 0.3) is 0 Å². The molecule has 0 saturated heterocycles. The van der Waals surface area contributed by atoms with Gasteiger partial charge in [-0.05, 0) is 25.8 Å². The Labute approximate surface area is 203 Å². The summed E-state index contributed by atoms with van der Waals surface area (Å²) in [5.74, 6) is -0.739. The van der Waals surface area contributed by atoms with Gasteiger partial charge in [-0.3, -0.25) is 4.79 Å². The summed E-state index contributed by atoms with van der Waals surface area (Å²) in [5.41, 5.74) is 0.332. The topological polar surface area (TPSA) is 124 Å². The number of amides is 1. The van der Waals surface area contributed by atoms with Crippen LogP contribution in [0.4, 0.5) is 0 Å². The molecule has 1 atom stereocenters. The van der Waals surface area contributed by atoms with Crippen LogP contribution in [0.15, 0.2) is 12.2 Å². The molecule has 0 rings (SSSR count). The molecule has 0 bridgehead atoms. The monoisotopic (exact) mass is 455 g/mol. The van der Waals surface area contributed by atoms with E-state index in [-0.39, 0.29) is 54.3 Å². The number of ketones is 1. The van der Waals surface area contributed by atoms with E-state index in [1.807, 2.05) is 0 Å². The molecule has 0 aliphatic heterocycles. The Morgan fingerprint density at radius 3 is 1.97 bits per heavy atom. The second kappa shape index (κ2) is 22.7. The van der Waals surface area contributed by atoms with Gasteiger partial charge in [-0.2, -0.15) is 0 Å². The number of carbonyl (C=O) groups is 3. The molecule has 0 aliphatic carbocycles. The number of hydrogen-bond acceptors (Lipinski definition) is 7. The summed E-state index contributed by atoms with van der Waals surface area (Å²) in [6.07, 6.45) is 9.10. The molecule has 10 heteroatoms. The Hall–Kier alpha value is -1.03. The van der Waals surface area contributed by atoms with E-state index in [4.69, 9.17) is 17.4 Å². The normalized spacial score (nSPS) is 10.5. The van der Waals surface area contributed by atoms with Crippen molar-refractivity contribution in [3.8, 4) is 0 Å². The number of rotatable bonds is 15. The predicted octanol–water partition coefficient (Wildman–Crippen LogP) is -0.0855. The first-order chi connectivity index (χ1) is 13.6. The minimum Gasteiger partial charge on any atom is -0.462 e. The van der Waals surface area contributed by atoms with Gasteiger partial charge in [-0.15, -0.1) is 12.6 Å². The first kappa shape index (κ1) is 33.6. The van der Waals surface area contributed by atoms with Gasteiger partial charge in [-0.25, -0.2) is 4.79 Å². The maximum Gasteiger partial charge on any atom is 1.00 e. The first-order valence-corrected chi connectivity index (χ1v) is 10.9. The number of nitrogens with one attached hydrogen (secondary N) is 1. The summed E-state index contributed by atoms with van der Waals surface area (Å²) < 4.78 is 30.3. The van der Waals surface area contributed by atoms with Gasteiger partial charge in [0.2, 0.25) is 5.91 Å². The van der Waals surface area contributed by atoms with Gasteiger partial charge in [0, 0.05) is 18.4 Å². The summed E-state index contributed by atoms with van der Waals surface area (Å²) in [4.78, 5) is 34.9. The van der Waals surface area contributed by atoms with Crippen molar-refractivity contribution in [3.05, 3.63) is 19.1 Å². The second-order valence-corrected chi connectivity index (χ2v) is 7.09. The van der Waals surface area contributed by atoms with Gasteiger partial charge < -0.3 is 21.8 Å². The largest absolute Gasteiger partial charge is 1.00 e. The maximum absolute atomic E-state index is 11.9. The van der Waals surface area contributed by atoms with Crippen molar-refractivity contribution >= 4 is 28.3 Å². The zero-order valence-electron chi connectivity index (χ0n) is 18.5. The van der Waals surface area contributed by atoms with E-state index in [1.54, 1.807) is 6.92 Å². The molecule has 0 fully saturated rings. The van der Waals surface area contributed by atoms with Crippen LogP contribution in [-0.4, -0.2) is 42.9 Å². The average molecular weight is 456 g/mol. The van der Waals surface area contributed by atoms with Crippen LogP contribution in [0.2, 0.25) is 0 Å². The number of ether oxygens (including phenoxy) is 1. The third kappa shape index (κ3) is 25.0. The summed E-state index contributed by atoms with van der Waals surface area (Å²) in [5, 5.41) is 2.64. The maximum atomic E-state index is 11.9. The third-order valence-electron chi connectivity index (χ3n) is 3.88. The molecule has 1 N–H and O–H groups in total. The molecule has 0 aromatic rings. The van der Waals surface area contributed by atoms with Crippen molar-refractivity contribution in [1.82, 2.24) is 5.32 Å². The quantitative estimate of drug-likeness (QED) is 0.120. The minimum absolute atomic E-state index is 0. The molecule has 0 spiro atoms. The molecule has 1 amide bonds. The van der Waals surface area contributed by atoms with Crippen LogP contribution in [0, 0.1) is 6.92 Å². The van der Waals surface area contributed by atoms with E-state index in [1.165, 1.54) is 25.7 Å². The summed E-state index contributed by atoms with van der Waals surface area (Å²) in [6.45, 7) is 11.1. The first-order valence-electron chi connectivity index (χ1n) is 9.86. The fourth-order valence-corrected chi connectivity index (χ4v) is 2.30. The molecule has 30 heavy (non-hydrogen) atoms. The number of carbonyl (C=O) groups excluding carboxylic acids is 3. The molecular formula is C20H34NNaO7S. The van der Waals surface area contributed by atoms with E-state index in [0.717, 1.165) is 19.3 Å². The number of esters is 1. The van der Waals surface area contributed by atoms with Crippen molar-refractivity contribution in [2.24, 2.45) is 0 Å². The Kier molecular flexibility index (Phi) is 25.4. The van der Waals surface area contributed by atoms with Crippen LogP contribution in [0.25, 0.3) is 0 Å². The molecule has 0 aliphatic rings. The Morgan fingerprint density at radius 1 is 0.967 bits per heavy atom. The van der Waals surface area contributed by atoms with Crippen molar-refractivity contribution in [2.75, 3.05) is 6.61 Å². The van der Waals surface area contributed by atoms with Crippen LogP contribution in [-0.2, 0) is 29.7 Å². The molecular weight excluding hydrogens is 421 g/mol. The van der Waals surface area contributed by atoms with Crippen LogP contribution in [0.1, 0.15) is 78.1 Å². The van der Waals surface area contributed by atoms with Gasteiger partial charge in [0.1, 0.15) is 5.78 Å². The number of hydrogen-bond donors (Lipinski definition) is 1.